The largest absolute Gasteiger partial charge is 0.508 e. The maximum absolute atomic E-state index is 11.7. The van der Waals surface area contributed by atoms with Crippen molar-refractivity contribution >= 4 is 11.8 Å². The first-order chi connectivity index (χ1) is 9.17. The lowest BCUT2D eigenvalue weighted by molar-refractivity contribution is 0.0636. The van der Waals surface area contributed by atoms with Crippen molar-refractivity contribution in [1.82, 2.24) is 0 Å². The highest BCUT2D eigenvalue weighted by Gasteiger charge is 2.40. The van der Waals surface area contributed by atoms with Gasteiger partial charge in [0, 0.05) is 12.1 Å². The van der Waals surface area contributed by atoms with Crippen molar-refractivity contribution in [3.63, 3.8) is 0 Å². The van der Waals surface area contributed by atoms with Gasteiger partial charge in [0.05, 0.1) is 5.60 Å². The highest BCUT2D eigenvalue weighted by molar-refractivity contribution is 5.85. The van der Waals surface area contributed by atoms with Crippen LogP contribution in [0.5, 0.6) is 5.75 Å². The van der Waals surface area contributed by atoms with E-state index >= 15 is 0 Å². The van der Waals surface area contributed by atoms with Crippen LogP contribution in [-0.2, 0) is 11.2 Å². The Morgan fingerprint density at radius 1 is 1.40 bits per heavy atom. The molecule has 1 fully saturated rings. The Morgan fingerprint density at radius 3 is 2.60 bits per heavy atom. The molecule has 3 N–H and O–H groups in total. The molecule has 1 aromatic carbocycles. The summed E-state index contributed by atoms with van der Waals surface area (Å²) < 4.78 is 5.16. The second kappa shape index (κ2) is 4.98. The van der Waals surface area contributed by atoms with Crippen molar-refractivity contribution in [3.8, 4) is 5.75 Å². The van der Waals surface area contributed by atoms with E-state index in [1.807, 2.05) is 0 Å². The topological polar surface area (TPSA) is 78.8 Å². The van der Waals surface area contributed by atoms with Crippen LogP contribution in [0.1, 0.15) is 39.2 Å². The molecule has 0 unspecified atom stereocenters. The summed E-state index contributed by atoms with van der Waals surface area (Å²) in [5, 5.41) is 22.3. The van der Waals surface area contributed by atoms with E-state index in [1.54, 1.807) is 32.9 Å². The summed E-state index contributed by atoms with van der Waals surface area (Å²) in [7, 11) is 0. The number of hydrogen-bond donors (Lipinski definition) is 3. The van der Waals surface area contributed by atoms with E-state index in [-0.39, 0.29) is 5.75 Å². The van der Waals surface area contributed by atoms with E-state index in [0.717, 1.165) is 12.8 Å². The molecule has 1 aliphatic carbocycles. The van der Waals surface area contributed by atoms with Crippen LogP contribution in [0.2, 0.25) is 0 Å². The number of ether oxygens (including phenoxy) is 1. The van der Waals surface area contributed by atoms with Crippen LogP contribution in [0, 0.1) is 0 Å². The fraction of sp³-hybridized carbons (Fsp3) is 0.533. The summed E-state index contributed by atoms with van der Waals surface area (Å²) in [6.45, 7) is 5.37. The molecule has 0 bridgehead atoms. The van der Waals surface area contributed by atoms with Crippen LogP contribution in [0.4, 0.5) is 10.5 Å². The number of rotatable bonds is 3. The zero-order chi connectivity index (χ0) is 15.0. The monoisotopic (exact) mass is 279 g/mol. The fourth-order valence-electron chi connectivity index (χ4n) is 1.90. The van der Waals surface area contributed by atoms with E-state index < -0.39 is 17.3 Å². The van der Waals surface area contributed by atoms with E-state index in [1.165, 1.54) is 6.07 Å². The maximum atomic E-state index is 11.7. The van der Waals surface area contributed by atoms with Gasteiger partial charge in [0.2, 0.25) is 0 Å². The highest BCUT2D eigenvalue weighted by Crippen LogP contribution is 2.40. The molecule has 5 nitrogen and oxygen atoms in total. The Morgan fingerprint density at radius 2 is 2.05 bits per heavy atom. The van der Waals surface area contributed by atoms with Gasteiger partial charge in [-0.05, 0) is 57.4 Å². The minimum absolute atomic E-state index is 0.125. The first-order valence-corrected chi connectivity index (χ1v) is 6.71. The molecule has 110 valence electrons. The molecule has 1 amide bonds. The normalized spacial score (nSPS) is 16.6. The van der Waals surface area contributed by atoms with Crippen molar-refractivity contribution in [2.24, 2.45) is 0 Å². The fourth-order valence-corrected chi connectivity index (χ4v) is 1.90. The van der Waals surface area contributed by atoms with Crippen LogP contribution in [0.15, 0.2) is 18.2 Å². The lowest BCUT2D eigenvalue weighted by atomic mass is 10.0. The molecule has 2 rings (SSSR count). The summed E-state index contributed by atoms with van der Waals surface area (Å²) in [4.78, 5) is 11.7. The van der Waals surface area contributed by atoms with Gasteiger partial charge in [0.25, 0.3) is 0 Å². The van der Waals surface area contributed by atoms with Crippen LogP contribution in [-0.4, -0.2) is 27.5 Å². The molecule has 0 aliphatic heterocycles. The molecule has 0 aromatic heterocycles. The predicted octanol–water partition coefficient (Wildman–Crippen LogP) is 2.81. The first kappa shape index (κ1) is 14.7. The third kappa shape index (κ3) is 4.13. The van der Waals surface area contributed by atoms with Gasteiger partial charge >= 0.3 is 6.09 Å². The SMILES string of the molecule is CC(C)(C)OC(=O)Nc1ccc(O)c(CC2(O)CC2)c1. The molecule has 1 aliphatic rings. The van der Waals surface area contributed by atoms with Crippen molar-refractivity contribution in [3.05, 3.63) is 23.8 Å². The number of phenolic OH excluding ortho intramolecular Hbond substituents is 1. The number of aliphatic hydroxyl groups is 1. The number of hydrogen-bond acceptors (Lipinski definition) is 4. The summed E-state index contributed by atoms with van der Waals surface area (Å²) >= 11 is 0. The molecule has 0 atom stereocenters. The molecule has 5 heteroatoms. The number of amides is 1. The molecular formula is C15H21NO4. The Bertz CT molecular complexity index is 515. The van der Waals surface area contributed by atoms with Gasteiger partial charge in [-0.1, -0.05) is 0 Å². The number of carbonyl (C=O) groups is 1. The average Bonchev–Trinajstić information content (AvgIpc) is 2.98. The van der Waals surface area contributed by atoms with Crippen molar-refractivity contribution < 1.29 is 19.7 Å². The van der Waals surface area contributed by atoms with Gasteiger partial charge in [-0.2, -0.15) is 0 Å². The van der Waals surface area contributed by atoms with Crippen molar-refractivity contribution in [1.29, 1.82) is 0 Å². The van der Waals surface area contributed by atoms with E-state index in [4.69, 9.17) is 4.74 Å². The maximum Gasteiger partial charge on any atom is 0.412 e. The van der Waals surface area contributed by atoms with Gasteiger partial charge in [-0.3, -0.25) is 5.32 Å². The van der Waals surface area contributed by atoms with E-state index in [2.05, 4.69) is 5.32 Å². The summed E-state index contributed by atoms with van der Waals surface area (Å²) in [5.74, 6) is 0.125. The molecular weight excluding hydrogens is 258 g/mol. The molecule has 0 heterocycles. The molecule has 1 saturated carbocycles. The second-order valence-electron chi connectivity index (χ2n) is 6.37. The highest BCUT2D eigenvalue weighted by atomic mass is 16.6. The smallest absolute Gasteiger partial charge is 0.412 e. The molecule has 1 aromatic rings. The Hall–Kier alpha value is -1.75. The predicted molar refractivity (Wildman–Crippen MR) is 75.9 cm³/mol. The third-order valence-corrected chi connectivity index (χ3v) is 3.07. The zero-order valence-corrected chi connectivity index (χ0v) is 12.1. The third-order valence-electron chi connectivity index (χ3n) is 3.07. The van der Waals surface area contributed by atoms with Gasteiger partial charge < -0.3 is 14.9 Å². The Balaban J connectivity index is 2.05. The lowest BCUT2D eigenvalue weighted by Crippen LogP contribution is -2.27. The van der Waals surface area contributed by atoms with Crippen molar-refractivity contribution in [2.45, 2.75) is 51.2 Å². The Kier molecular flexibility index (Phi) is 3.65. The minimum Gasteiger partial charge on any atom is -0.508 e. The Labute approximate surface area is 118 Å². The number of benzene rings is 1. The van der Waals surface area contributed by atoms with Gasteiger partial charge in [-0.15, -0.1) is 0 Å². The van der Waals surface area contributed by atoms with E-state index in [9.17, 15) is 15.0 Å². The molecule has 0 saturated heterocycles. The summed E-state index contributed by atoms with van der Waals surface area (Å²) in [5.41, 5.74) is -0.0930. The number of carbonyl (C=O) groups excluding carboxylic acids is 1. The minimum atomic E-state index is -0.692. The lowest BCUT2D eigenvalue weighted by Gasteiger charge is -2.20. The van der Waals surface area contributed by atoms with Gasteiger partial charge in [-0.25, -0.2) is 4.79 Å². The molecule has 0 radical (unpaired) electrons. The average molecular weight is 279 g/mol. The van der Waals surface area contributed by atoms with Crippen LogP contribution < -0.4 is 5.32 Å². The van der Waals surface area contributed by atoms with Crippen LogP contribution in [0.3, 0.4) is 0 Å². The number of aromatic hydroxyl groups is 1. The summed E-state index contributed by atoms with van der Waals surface area (Å²) in [6, 6.07) is 4.77. The standard InChI is InChI=1S/C15H21NO4/c1-14(2,3)20-13(18)16-11-4-5-12(17)10(8-11)9-15(19)6-7-15/h4-5,8,17,19H,6-7,9H2,1-3H3,(H,16,18). The first-order valence-electron chi connectivity index (χ1n) is 6.71. The molecule has 20 heavy (non-hydrogen) atoms. The summed E-state index contributed by atoms with van der Waals surface area (Å²) in [6.07, 6.45) is 1.34. The van der Waals surface area contributed by atoms with Crippen molar-refractivity contribution in [2.75, 3.05) is 5.32 Å². The number of nitrogens with one attached hydrogen (secondary N) is 1. The van der Waals surface area contributed by atoms with Crippen LogP contribution in [0.25, 0.3) is 0 Å². The van der Waals surface area contributed by atoms with Crippen LogP contribution >= 0.6 is 0 Å². The van der Waals surface area contributed by atoms with E-state index in [0.29, 0.717) is 17.7 Å². The molecule has 0 spiro atoms. The zero-order valence-electron chi connectivity index (χ0n) is 12.1. The number of phenols is 1. The van der Waals surface area contributed by atoms with Gasteiger partial charge in [0.1, 0.15) is 11.4 Å². The van der Waals surface area contributed by atoms with Gasteiger partial charge in [0.15, 0.2) is 0 Å². The number of anilines is 1. The quantitative estimate of drug-likeness (QED) is 0.743. The second-order valence-corrected chi connectivity index (χ2v) is 6.37.